The summed E-state index contributed by atoms with van der Waals surface area (Å²) in [4.78, 5) is 1.10. The van der Waals surface area contributed by atoms with Crippen molar-refractivity contribution in [3.8, 4) is 0 Å². The molecule has 0 aliphatic heterocycles. The highest BCUT2D eigenvalue weighted by atomic mass is 79.9. The van der Waals surface area contributed by atoms with Crippen LogP contribution in [0.3, 0.4) is 0 Å². The van der Waals surface area contributed by atoms with E-state index in [1.54, 1.807) is 17.4 Å². The molecule has 0 fully saturated rings. The first-order valence-corrected chi connectivity index (χ1v) is 6.76. The van der Waals surface area contributed by atoms with Crippen molar-refractivity contribution in [2.24, 2.45) is 0 Å². The van der Waals surface area contributed by atoms with Gasteiger partial charge in [0, 0.05) is 15.5 Å². The average molecular weight is 318 g/mol. The van der Waals surface area contributed by atoms with Crippen LogP contribution < -0.4 is 0 Å². The predicted octanol–water partition coefficient (Wildman–Crippen LogP) is 4.55. The fraction of sp³-hybridized carbons (Fsp3) is 0.167. The van der Waals surface area contributed by atoms with Crippen LogP contribution in [0, 0.1) is 6.92 Å². The van der Waals surface area contributed by atoms with Crippen LogP contribution in [0.4, 0.5) is 0 Å². The molecule has 0 amide bonds. The Balaban J connectivity index is 2.43. The molecule has 1 aromatic carbocycles. The van der Waals surface area contributed by atoms with Gasteiger partial charge in [-0.3, -0.25) is 0 Å². The number of aryl methyl sites for hydroxylation is 1. The molecule has 0 aliphatic carbocycles. The van der Waals surface area contributed by atoms with Crippen LogP contribution in [0.2, 0.25) is 5.02 Å². The Labute approximate surface area is 112 Å². The second-order valence-corrected chi connectivity index (χ2v) is 6.53. The van der Waals surface area contributed by atoms with Crippen molar-refractivity contribution in [3.05, 3.63) is 55.1 Å². The summed E-state index contributed by atoms with van der Waals surface area (Å²) in [6, 6.07) is 9.30. The molecule has 1 N–H and O–H groups in total. The molecule has 1 nitrogen and oxygen atoms in total. The van der Waals surface area contributed by atoms with Gasteiger partial charge in [0.1, 0.15) is 6.10 Å². The fourth-order valence-electron chi connectivity index (χ4n) is 1.59. The topological polar surface area (TPSA) is 20.2 Å². The van der Waals surface area contributed by atoms with Gasteiger partial charge in [0.15, 0.2) is 0 Å². The number of thiophene rings is 1. The molecule has 1 heterocycles. The van der Waals surface area contributed by atoms with Crippen LogP contribution in [0.25, 0.3) is 0 Å². The summed E-state index contributed by atoms with van der Waals surface area (Å²) >= 11 is 11.1. The van der Waals surface area contributed by atoms with Gasteiger partial charge in [-0.15, -0.1) is 11.3 Å². The Morgan fingerprint density at radius 2 is 2.00 bits per heavy atom. The van der Waals surface area contributed by atoms with Crippen LogP contribution in [0.1, 0.15) is 22.1 Å². The zero-order chi connectivity index (χ0) is 11.7. The summed E-state index contributed by atoms with van der Waals surface area (Å²) in [5.41, 5.74) is 1.66. The quantitative estimate of drug-likeness (QED) is 0.861. The standard InChI is InChI=1S/C12H10BrClOS/c1-7-9(6-11(13)16-7)12(15)8-4-2-3-5-10(8)14/h2-6,12,15H,1H3. The molecular weight excluding hydrogens is 308 g/mol. The van der Waals surface area contributed by atoms with Crippen molar-refractivity contribution in [2.75, 3.05) is 0 Å². The number of hydrogen-bond acceptors (Lipinski definition) is 2. The fourth-order valence-corrected chi connectivity index (χ4v) is 3.58. The van der Waals surface area contributed by atoms with Gasteiger partial charge in [0.2, 0.25) is 0 Å². The summed E-state index contributed by atoms with van der Waals surface area (Å²) in [5, 5.41) is 10.9. The molecule has 0 saturated carbocycles. The van der Waals surface area contributed by atoms with Crippen molar-refractivity contribution >= 4 is 38.9 Å². The summed E-state index contributed by atoms with van der Waals surface area (Å²) in [5.74, 6) is 0. The zero-order valence-electron chi connectivity index (χ0n) is 8.58. The van der Waals surface area contributed by atoms with Crippen molar-refractivity contribution in [2.45, 2.75) is 13.0 Å². The molecule has 0 radical (unpaired) electrons. The van der Waals surface area contributed by atoms with Gasteiger partial charge in [-0.05, 0) is 40.5 Å². The highest BCUT2D eigenvalue weighted by molar-refractivity contribution is 9.11. The molecule has 1 unspecified atom stereocenters. The first kappa shape index (κ1) is 12.1. The lowest BCUT2D eigenvalue weighted by Crippen LogP contribution is -2.00. The Bertz CT molecular complexity index is 509. The minimum atomic E-state index is -0.656. The zero-order valence-corrected chi connectivity index (χ0v) is 11.7. The lowest BCUT2D eigenvalue weighted by molar-refractivity contribution is 0.220. The van der Waals surface area contributed by atoms with E-state index in [0.717, 1.165) is 19.8 Å². The smallest absolute Gasteiger partial charge is 0.107 e. The molecule has 4 heteroatoms. The minimum Gasteiger partial charge on any atom is -0.384 e. The van der Waals surface area contributed by atoms with E-state index < -0.39 is 6.10 Å². The van der Waals surface area contributed by atoms with Gasteiger partial charge in [0.05, 0.1) is 3.79 Å². The van der Waals surface area contributed by atoms with E-state index in [-0.39, 0.29) is 0 Å². The largest absolute Gasteiger partial charge is 0.384 e. The van der Waals surface area contributed by atoms with Gasteiger partial charge >= 0.3 is 0 Å². The highest BCUT2D eigenvalue weighted by Gasteiger charge is 2.17. The van der Waals surface area contributed by atoms with Gasteiger partial charge in [-0.1, -0.05) is 29.8 Å². The van der Waals surface area contributed by atoms with Crippen molar-refractivity contribution in [1.29, 1.82) is 0 Å². The molecular formula is C12H10BrClOS. The lowest BCUT2D eigenvalue weighted by Gasteiger charge is -2.12. The van der Waals surface area contributed by atoms with Gasteiger partial charge in [-0.2, -0.15) is 0 Å². The van der Waals surface area contributed by atoms with E-state index in [9.17, 15) is 5.11 Å². The lowest BCUT2D eigenvalue weighted by atomic mass is 10.0. The minimum absolute atomic E-state index is 0.594. The van der Waals surface area contributed by atoms with Gasteiger partial charge in [0.25, 0.3) is 0 Å². The molecule has 1 aromatic heterocycles. The van der Waals surface area contributed by atoms with E-state index in [1.807, 2.05) is 31.2 Å². The Morgan fingerprint density at radius 1 is 1.31 bits per heavy atom. The summed E-state index contributed by atoms with van der Waals surface area (Å²) in [6.45, 7) is 1.99. The maximum Gasteiger partial charge on any atom is 0.107 e. The van der Waals surface area contributed by atoms with Crippen LogP contribution in [-0.4, -0.2) is 5.11 Å². The predicted molar refractivity (Wildman–Crippen MR) is 72.3 cm³/mol. The molecule has 0 bridgehead atoms. The van der Waals surface area contributed by atoms with E-state index >= 15 is 0 Å². The molecule has 0 aliphatic rings. The molecule has 0 saturated heterocycles. The van der Waals surface area contributed by atoms with Crippen LogP contribution in [0.15, 0.2) is 34.1 Å². The van der Waals surface area contributed by atoms with Crippen molar-refractivity contribution < 1.29 is 5.11 Å². The first-order chi connectivity index (χ1) is 7.59. The van der Waals surface area contributed by atoms with E-state index in [4.69, 9.17) is 11.6 Å². The first-order valence-electron chi connectivity index (χ1n) is 4.78. The normalized spacial score (nSPS) is 12.8. The van der Waals surface area contributed by atoms with Gasteiger partial charge in [-0.25, -0.2) is 0 Å². The molecule has 2 aromatic rings. The summed E-state index contributed by atoms with van der Waals surface area (Å²) in [7, 11) is 0. The Kier molecular flexibility index (Phi) is 3.70. The number of aliphatic hydroxyl groups excluding tert-OH is 1. The maximum atomic E-state index is 10.3. The Morgan fingerprint density at radius 3 is 2.56 bits per heavy atom. The Hall–Kier alpha value is -0.350. The third-order valence-electron chi connectivity index (χ3n) is 2.42. The van der Waals surface area contributed by atoms with Crippen LogP contribution >= 0.6 is 38.9 Å². The molecule has 2 rings (SSSR count). The second-order valence-electron chi connectivity index (χ2n) is 3.49. The SMILES string of the molecule is Cc1sc(Br)cc1C(O)c1ccccc1Cl. The third-order valence-corrected chi connectivity index (χ3v) is 4.33. The van der Waals surface area contributed by atoms with E-state index in [2.05, 4.69) is 15.9 Å². The monoisotopic (exact) mass is 316 g/mol. The van der Waals surface area contributed by atoms with Gasteiger partial charge < -0.3 is 5.11 Å². The average Bonchev–Trinajstić information content (AvgIpc) is 2.58. The maximum absolute atomic E-state index is 10.3. The van der Waals surface area contributed by atoms with Crippen molar-refractivity contribution in [1.82, 2.24) is 0 Å². The van der Waals surface area contributed by atoms with Crippen LogP contribution in [-0.2, 0) is 0 Å². The molecule has 16 heavy (non-hydrogen) atoms. The van der Waals surface area contributed by atoms with E-state index in [1.165, 1.54) is 0 Å². The molecule has 84 valence electrons. The summed E-state index contributed by atoms with van der Waals surface area (Å²) < 4.78 is 1.02. The number of halogens is 2. The third kappa shape index (κ3) is 2.33. The molecule has 1 atom stereocenters. The number of hydrogen-bond donors (Lipinski definition) is 1. The van der Waals surface area contributed by atoms with E-state index in [0.29, 0.717) is 5.02 Å². The van der Waals surface area contributed by atoms with Crippen molar-refractivity contribution in [3.63, 3.8) is 0 Å². The number of aliphatic hydroxyl groups is 1. The summed E-state index contributed by atoms with van der Waals surface area (Å²) in [6.07, 6.45) is -0.656. The molecule has 0 spiro atoms. The van der Waals surface area contributed by atoms with Crippen LogP contribution in [0.5, 0.6) is 0 Å². The number of benzene rings is 1. The number of rotatable bonds is 2. The second kappa shape index (κ2) is 4.88. The highest BCUT2D eigenvalue weighted by Crippen LogP contribution is 2.35.